The summed E-state index contributed by atoms with van der Waals surface area (Å²) >= 11 is 0. The van der Waals surface area contributed by atoms with Crippen molar-refractivity contribution in [3.05, 3.63) is 42.2 Å². The second kappa shape index (κ2) is 8.58. The summed E-state index contributed by atoms with van der Waals surface area (Å²) in [6.07, 6.45) is 4.78. The molecule has 8 nitrogen and oxygen atoms in total. The first-order valence-electron chi connectivity index (χ1n) is 9.69. The lowest BCUT2D eigenvalue weighted by molar-refractivity contribution is -0.137. The molecule has 2 aliphatic rings. The molecule has 0 spiro atoms. The molecular formula is C19H26N6O2. The van der Waals surface area contributed by atoms with Crippen molar-refractivity contribution in [1.29, 1.82) is 0 Å². The highest BCUT2D eigenvalue weighted by atomic mass is 16.5. The van der Waals surface area contributed by atoms with Crippen LogP contribution in [0.15, 0.2) is 36.7 Å². The first-order valence-corrected chi connectivity index (χ1v) is 9.69. The number of hydrogen-bond acceptors (Lipinski definition) is 6. The van der Waals surface area contributed by atoms with Crippen LogP contribution in [0.2, 0.25) is 0 Å². The number of nitrogens with zero attached hydrogens (tertiary/aromatic N) is 6. The van der Waals surface area contributed by atoms with Gasteiger partial charge in [-0.05, 0) is 28.8 Å². The van der Waals surface area contributed by atoms with E-state index in [1.165, 1.54) is 6.33 Å². The summed E-state index contributed by atoms with van der Waals surface area (Å²) in [6, 6.07) is 9.60. The molecule has 0 saturated carbocycles. The van der Waals surface area contributed by atoms with E-state index in [-0.39, 0.29) is 5.91 Å². The zero-order valence-corrected chi connectivity index (χ0v) is 15.5. The quantitative estimate of drug-likeness (QED) is 0.748. The largest absolute Gasteiger partial charge is 0.377 e. The monoisotopic (exact) mass is 370 g/mol. The molecular weight excluding hydrogens is 344 g/mol. The molecule has 8 heteroatoms. The highest BCUT2D eigenvalue weighted by Crippen LogP contribution is 2.19. The van der Waals surface area contributed by atoms with Crippen molar-refractivity contribution in [2.45, 2.75) is 31.4 Å². The Kier molecular flexibility index (Phi) is 5.74. The molecule has 1 amide bonds. The molecule has 2 aliphatic heterocycles. The van der Waals surface area contributed by atoms with Crippen LogP contribution in [0.1, 0.15) is 24.4 Å². The predicted molar refractivity (Wildman–Crippen MR) is 99.0 cm³/mol. The van der Waals surface area contributed by atoms with Crippen molar-refractivity contribution in [2.75, 3.05) is 39.3 Å². The van der Waals surface area contributed by atoms with Crippen LogP contribution in [-0.2, 0) is 16.0 Å². The summed E-state index contributed by atoms with van der Waals surface area (Å²) in [6.45, 7) is 5.11. The maximum absolute atomic E-state index is 13.2. The molecule has 27 heavy (non-hydrogen) atoms. The zero-order chi connectivity index (χ0) is 18.5. The summed E-state index contributed by atoms with van der Waals surface area (Å²) in [5.41, 5.74) is 1.10. The lowest BCUT2D eigenvalue weighted by Crippen LogP contribution is -2.52. The van der Waals surface area contributed by atoms with Crippen LogP contribution in [0, 0.1) is 0 Å². The Morgan fingerprint density at radius 3 is 2.67 bits per heavy atom. The summed E-state index contributed by atoms with van der Waals surface area (Å²) in [7, 11) is 0. The van der Waals surface area contributed by atoms with Gasteiger partial charge in [0.2, 0.25) is 5.91 Å². The van der Waals surface area contributed by atoms with Gasteiger partial charge in [0, 0.05) is 45.8 Å². The molecule has 0 radical (unpaired) electrons. The average Bonchev–Trinajstić information content (AvgIpc) is 3.41. The molecule has 1 aromatic carbocycles. The van der Waals surface area contributed by atoms with Gasteiger partial charge in [-0.2, -0.15) is 0 Å². The Morgan fingerprint density at radius 2 is 2.00 bits per heavy atom. The maximum Gasteiger partial charge on any atom is 0.248 e. The first-order chi connectivity index (χ1) is 13.3. The van der Waals surface area contributed by atoms with Gasteiger partial charge in [-0.1, -0.05) is 30.3 Å². The van der Waals surface area contributed by atoms with Gasteiger partial charge in [0.25, 0.3) is 0 Å². The number of ether oxygens (including phenoxy) is 1. The Hall–Kier alpha value is -2.32. The van der Waals surface area contributed by atoms with Crippen LogP contribution in [-0.4, -0.2) is 81.3 Å². The number of hydrogen-bond donors (Lipinski definition) is 0. The normalized spacial score (nSPS) is 22.1. The van der Waals surface area contributed by atoms with Crippen LogP contribution in [0.3, 0.4) is 0 Å². The van der Waals surface area contributed by atoms with Crippen molar-refractivity contribution in [3.63, 3.8) is 0 Å². The minimum Gasteiger partial charge on any atom is -0.377 e. The molecule has 2 saturated heterocycles. The minimum absolute atomic E-state index is 0.0860. The number of benzene rings is 1. The number of piperazine rings is 1. The predicted octanol–water partition coefficient (Wildman–Crippen LogP) is 0.780. The number of carbonyl (C=O) groups is 1. The summed E-state index contributed by atoms with van der Waals surface area (Å²) in [4.78, 5) is 17.6. The Balaban J connectivity index is 1.38. The average molecular weight is 370 g/mol. The molecule has 2 aromatic rings. The van der Waals surface area contributed by atoms with Crippen LogP contribution in [0.25, 0.3) is 0 Å². The number of carbonyl (C=O) groups excluding carboxylic acids is 1. The van der Waals surface area contributed by atoms with E-state index >= 15 is 0 Å². The second-order valence-electron chi connectivity index (χ2n) is 7.26. The number of aromatic nitrogens is 4. The molecule has 2 unspecified atom stereocenters. The van der Waals surface area contributed by atoms with Gasteiger partial charge >= 0.3 is 0 Å². The molecule has 2 fully saturated rings. The fourth-order valence-corrected chi connectivity index (χ4v) is 3.88. The molecule has 0 bridgehead atoms. The van der Waals surface area contributed by atoms with E-state index in [9.17, 15) is 4.79 Å². The van der Waals surface area contributed by atoms with E-state index in [0.717, 1.165) is 57.7 Å². The van der Waals surface area contributed by atoms with Crippen LogP contribution >= 0.6 is 0 Å². The van der Waals surface area contributed by atoms with E-state index < -0.39 is 6.04 Å². The van der Waals surface area contributed by atoms with Crippen molar-refractivity contribution < 1.29 is 9.53 Å². The minimum atomic E-state index is -0.410. The van der Waals surface area contributed by atoms with Gasteiger partial charge in [0.05, 0.1) is 6.10 Å². The van der Waals surface area contributed by atoms with E-state index in [0.29, 0.717) is 12.5 Å². The van der Waals surface area contributed by atoms with Crippen molar-refractivity contribution >= 4 is 5.91 Å². The molecule has 144 valence electrons. The molecule has 2 atom stereocenters. The van der Waals surface area contributed by atoms with E-state index in [2.05, 4.69) is 20.4 Å². The van der Waals surface area contributed by atoms with Gasteiger partial charge in [0.15, 0.2) is 0 Å². The molecule has 4 rings (SSSR count). The summed E-state index contributed by atoms with van der Waals surface area (Å²) < 4.78 is 7.31. The molecule has 3 heterocycles. The Morgan fingerprint density at radius 1 is 1.19 bits per heavy atom. The van der Waals surface area contributed by atoms with E-state index in [1.54, 1.807) is 4.68 Å². The molecule has 1 aromatic heterocycles. The third kappa shape index (κ3) is 4.51. The lowest BCUT2D eigenvalue weighted by atomic mass is 10.0. The smallest absolute Gasteiger partial charge is 0.248 e. The van der Waals surface area contributed by atoms with E-state index in [1.807, 2.05) is 35.2 Å². The van der Waals surface area contributed by atoms with Crippen LogP contribution < -0.4 is 0 Å². The maximum atomic E-state index is 13.2. The zero-order valence-electron chi connectivity index (χ0n) is 15.5. The first kappa shape index (κ1) is 18.1. The Labute approximate surface area is 159 Å². The van der Waals surface area contributed by atoms with Crippen molar-refractivity contribution in [1.82, 2.24) is 30.0 Å². The fourth-order valence-electron chi connectivity index (χ4n) is 3.88. The highest BCUT2D eigenvalue weighted by Gasteiger charge is 2.30. The van der Waals surface area contributed by atoms with Crippen molar-refractivity contribution in [3.8, 4) is 0 Å². The standard InChI is InChI=1S/C19H26N6O2/c26-19(24-10-8-23(9-11-24)14-17-7-4-12-27-17)18(25-15-20-21-22-25)13-16-5-2-1-3-6-16/h1-3,5-6,15,17-18H,4,7-14H2. The molecule has 0 aliphatic carbocycles. The number of amides is 1. The summed E-state index contributed by atoms with van der Waals surface area (Å²) in [5, 5.41) is 11.4. The number of tetrazole rings is 1. The van der Waals surface area contributed by atoms with Gasteiger partial charge in [-0.25, -0.2) is 4.68 Å². The van der Waals surface area contributed by atoms with Crippen molar-refractivity contribution in [2.24, 2.45) is 0 Å². The topological polar surface area (TPSA) is 76.4 Å². The van der Waals surface area contributed by atoms with Gasteiger partial charge in [-0.3, -0.25) is 9.69 Å². The van der Waals surface area contributed by atoms with Crippen LogP contribution in [0.4, 0.5) is 0 Å². The lowest BCUT2D eigenvalue weighted by Gasteiger charge is -2.37. The summed E-state index contributed by atoms with van der Waals surface area (Å²) in [5.74, 6) is 0.0860. The van der Waals surface area contributed by atoms with Gasteiger partial charge in [-0.15, -0.1) is 5.10 Å². The van der Waals surface area contributed by atoms with Gasteiger partial charge < -0.3 is 9.64 Å². The Bertz CT molecular complexity index is 709. The SMILES string of the molecule is O=C(C(Cc1ccccc1)n1cnnn1)N1CCN(CC2CCCO2)CC1. The fraction of sp³-hybridized carbons (Fsp3) is 0.579. The number of rotatable bonds is 6. The third-order valence-corrected chi connectivity index (χ3v) is 5.41. The molecule has 0 N–H and O–H groups in total. The third-order valence-electron chi connectivity index (χ3n) is 5.41. The van der Waals surface area contributed by atoms with E-state index in [4.69, 9.17) is 4.74 Å². The highest BCUT2D eigenvalue weighted by molar-refractivity contribution is 5.80. The second-order valence-corrected chi connectivity index (χ2v) is 7.26. The van der Waals surface area contributed by atoms with Crippen LogP contribution in [0.5, 0.6) is 0 Å². The van der Waals surface area contributed by atoms with Gasteiger partial charge in [0.1, 0.15) is 12.4 Å².